The lowest BCUT2D eigenvalue weighted by molar-refractivity contribution is 0.345. The van der Waals surface area contributed by atoms with Gasteiger partial charge in [0, 0.05) is 10.1 Å². The number of thioether (sulfide) groups is 1. The third-order valence-electron chi connectivity index (χ3n) is 4.93. The summed E-state index contributed by atoms with van der Waals surface area (Å²) >= 11 is 2.13. The van der Waals surface area contributed by atoms with Gasteiger partial charge >= 0.3 is 0 Å². The fourth-order valence-corrected chi connectivity index (χ4v) is 5.31. The summed E-state index contributed by atoms with van der Waals surface area (Å²) in [5.74, 6) is 1.90. The summed E-state index contributed by atoms with van der Waals surface area (Å²) in [4.78, 5) is 1.54. The first kappa shape index (κ1) is 14.5. The molecule has 1 nitrogen and oxygen atoms in total. The van der Waals surface area contributed by atoms with Gasteiger partial charge in [-0.15, -0.1) is 11.8 Å². The van der Waals surface area contributed by atoms with Crippen molar-refractivity contribution in [3.05, 3.63) is 29.8 Å². The molecule has 1 fully saturated rings. The van der Waals surface area contributed by atoms with Crippen LogP contribution in [-0.2, 0) is 6.42 Å². The standard InChI is InChI=1S/C18H27NS/c1-2-10-19-13-16-8-5-7-14(16)11-17-12-15-6-3-4-9-18(15)20-17/h3-4,6,9,14,16-17,19H,2,5,7-8,10-13H2,1H3. The number of hydrogen-bond acceptors (Lipinski definition) is 2. The molecule has 3 unspecified atom stereocenters. The minimum absolute atomic E-state index is 0.837. The molecule has 3 rings (SSSR count). The maximum Gasteiger partial charge on any atom is 0.0138 e. The van der Waals surface area contributed by atoms with E-state index in [9.17, 15) is 0 Å². The van der Waals surface area contributed by atoms with Crippen LogP contribution in [0.2, 0.25) is 0 Å². The minimum Gasteiger partial charge on any atom is -0.316 e. The molecule has 1 N–H and O–H groups in total. The van der Waals surface area contributed by atoms with Gasteiger partial charge in [-0.2, -0.15) is 0 Å². The second-order valence-electron chi connectivity index (χ2n) is 6.44. The first-order valence-electron chi connectivity index (χ1n) is 8.32. The molecule has 110 valence electrons. The van der Waals surface area contributed by atoms with Gasteiger partial charge in [0.25, 0.3) is 0 Å². The molecule has 1 heterocycles. The van der Waals surface area contributed by atoms with E-state index in [-0.39, 0.29) is 0 Å². The van der Waals surface area contributed by atoms with E-state index in [0.717, 1.165) is 17.1 Å². The van der Waals surface area contributed by atoms with Crippen molar-refractivity contribution in [2.45, 2.75) is 55.6 Å². The van der Waals surface area contributed by atoms with E-state index in [1.165, 1.54) is 56.5 Å². The van der Waals surface area contributed by atoms with Crippen molar-refractivity contribution < 1.29 is 0 Å². The Balaban J connectivity index is 1.51. The van der Waals surface area contributed by atoms with Crippen molar-refractivity contribution in [2.24, 2.45) is 11.8 Å². The highest BCUT2D eigenvalue weighted by atomic mass is 32.2. The number of hydrogen-bond donors (Lipinski definition) is 1. The Labute approximate surface area is 127 Å². The molecule has 1 aliphatic heterocycles. The Morgan fingerprint density at radius 3 is 2.90 bits per heavy atom. The molecular formula is C18H27NS. The molecule has 2 heteroatoms. The fraction of sp³-hybridized carbons (Fsp3) is 0.667. The predicted molar refractivity (Wildman–Crippen MR) is 88.4 cm³/mol. The maximum atomic E-state index is 3.64. The average Bonchev–Trinajstić information content (AvgIpc) is 3.06. The van der Waals surface area contributed by atoms with E-state index < -0.39 is 0 Å². The van der Waals surface area contributed by atoms with Crippen molar-refractivity contribution in [1.82, 2.24) is 5.32 Å². The van der Waals surface area contributed by atoms with Gasteiger partial charge in [0.15, 0.2) is 0 Å². The quantitative estimate of drug-likeness (QED) is 0.773. The van der Waals surface area contributed by atoms with Crippen LogP contribution in [0, 0.1) is 11.8 Å². The van der Waals surface area contributed by atoms with Gasteiger partial charge in [-0.1, -0.05) is 38.0 Å². The number of fused-ring (bicyclic) bond motifs is 1. The SMILES string of the molecule is CCCNCC1CCCC1CC1Cc2ccccc2S1. The second-order valence-corrected chi connectivity index (χ2v) is 7.78. The van der Waals surface area contributed by atoms with E-state index >= 15 is 0 Å². The molecule has 0 bridgehead atoms. The second kappa shape index (κ2) is 7.00. The molecule has 0 spiro atoms. The molecule has 0 saturated heterocycles. The van der Waals surface area contributed by atoms with E-state index in [4.69, 9.17) is 0 Å². The van der Waals surface area contributed by atoms with Gasteiger partial charge in [0.05, 0.1) is 0 Å². The van der Waals surface area contributed by atoms with Crippen LogP contribution in [0.5, 0.6) is 0 Å². The van der Waals surface area contributed by atoms with Crippen LogP contribution in [-0.4, -0.2) is 18.3 Å². The topological polar surface area (TPSA) is 12.0 Å². The summed E-state index contributed by atoms with van der Waals surface area (Å²) < 4.78 is 0. The third kappa shape index (κ3) is 3.40. The van der Waals surface area contributed by atoms with Gasteiger partial charge in [-0.05, 0) is 62.2 Å². The van der Waals surface area contributed by atoms with Crippen LogP contribution in [0.3, 0.4) is 0 Å². The number of benzene rings is 1. The molecule has 20 heavy (non-hydrogen) atoms. The molecule has 1 aromatic rings. The van der Waals surface area contributed by atoms with E-state index in [1.807, 2.05) is 0 Å². The van der Waals surface area contributed by atoms with Gasteiger partial charge in [-0.25, -0.2) is 0 Å². The minimum atomic E-state index is 0.837. The van der Waals surface area contributed by atoms with Gasteiger partial charge in [0.1, 0.15) is 0 Å². The molecule has 2 aliphatic rings. The molecule has 1 aromatic carbocycles. The average molecular weight is 289 g/mol. The first-order chi connectivity index (χ1) is 9.86. The zero-order valence-corrected chi connectivity index (χ0v) is 13.4. The summed E-state index contributed by atoms with van der Waals surface area (Å²) in [6.45, 7) is 4.70. The van der Waals surface area contributed by atoms with Crippen LogP contribution < -0.4 is 5.32 Å². The molecule has 0 amide bonds. The van der Waals surface area contributed by atoms with Crippen LogP contribution in [0.25, 0.3) is 0 Å². The Kier molecular flexibility index (Phi) is 5.06. The van der Waals surface area contributed by atoms with E-state index in [2.05, 4.69) is 48.3 Å². The van der Waals surface area contributed by atoms with Crippen molar-refractivity contribution in [1.29, 1.82) is 0 Å². The summed E-state index contributed by atoms with van der Waals surface area (Å²) in [6.07, 6.45) is 8.35. The van der Waals surface area contributed by atoms with Crippen LogP contribution in [0.1, 0.15) is 44.6 Å². The lowest BCUT2D eigenvalue weighted by atomic mass is 9.90. The highest BCUT2D eigenvalue weighted by Gasteiger charge is 2.31. The van der Waals surface area contributed by atoms with Crippen LogP contribution >= 0.6 is 11.8 Å². The summed E-state index contributed by atoms with van der Waals surface area (Å²) in [7, 11) is 0. The van der Waals surface area contributed by atoms with Crippen LogP contribution in [0.15, 0.2) is 29.2 Å². The number of nitrogens with one attached hydrogen (secondary N) is 1. The van der Waals surface area contributed by atoms with E-state index in [0.29, 0.717) is 0 Å². The smallest absolute Gasteiger partial charge is 0.0138 e. The lowest BCUT2D eigenvalue weighted by Gasteiger charge is -2.22. The largest absolute Gasteiger partial charge is 0.316 e. The Hall–Kier alpha value is -0.470. The molecule has 1 saturated carbocycles. The zero-order chi connectivity index (χ0) is 13.8. The van der Waals surface area contributed by atoms with Gasteiger partial charge in [0.2, 0.25) is 0 Å². The normalized spacial score (nSPS) is 28.8. The lowest BCUT2D eigenvalue weighted by Crippen LogP contribution is -2.27. The van der Waals surface area contributed by atoms with Crippen molar-refractivity contribution in [3.8, 4) is 0 Å². The number of rotatable bonds is 6. The highest BCUT2D eigenvalue weighted by Crippen LogP contribution is 2.43. The maximum absolute atomic E-state index is 3.64. The Bertz CT molecular complexity index is 406. The summed E-state index contributed by atoms with van der Waals surface area (Å²) in [5.41, 5.74) is 1.58. The summed E-state index contributed by atoms with van der Waals surface area (Å²) in [5, 5.41) is 4.48. The monoisotopic (exact) mass is 289 g/mol. The van der Waals surface area contributed by atoms with Gasteiger partial charge in [-0.3, -0.25) is 0 Å². The first-order valence-corrected chi connectivity index (χ1v) is 9.20. The fourth-order valence-electron chi connectivity index (χ4n) is 3.88. The molecular weight excluding hydrogens is 262 g/mol. The Morgan fingerprint density at radius 1 is 1.20 bits per heavy atom. The van der Waals surface area contributed by atoms with Gasteiger partial charge < -0.3 is 5.32 Å². The Morgan fingerprint density at radius 2 is 2.05 bits per heavy atom. The molecule has 0 aromatic heterocycles. The summed E-state index contributed by atoms with van der Waals surface area (Å²) in [6, 6.07) is 8.99. The van der Waals surface area contributed by atoms with Crippen molar-refractivity contribution in [2.75, 3.05) is 13.1 Å². The van der Waals surface area contributed by atoms with Crippen molar-refractivity contribution in [3.63, 3.8) is 0 Å². The van der Waals surface area contributed by atoms with Crippen molar-refractivity contribution >= 4 is 11.8 Å². The van der Waals surface area contributed by atoms with E-state index in [1.54, 1.807) is 5.56 Å². The van der Waals surface area contributed by atoms with Crippen LogP contribution in [0.4, 0.5) is 0 Å². The zero-order valence-electron chi connectivity index (χ0n) is 12.6. The highest BCUT2D eigenvalue weighted by molar-refractivity contribution is 8.00. The third-order valence-corrected chi connectivity index (χ3v) is 6.27. The molecule has 0 radical (unpaired) electrons. The predicted octanol–water partition coefficient (Wildman–Crippen LogP) is 4.51. The molecule has 1 aliphatic carbocycles. The molecule has 3 atom stereocenters.